The lowest BCUT2D eigenvalue weighted by Crippen LogP contribution is -2.02. The highest BCUT2D eigenvalue weighted by Crippen LogP contribution is 2.27. The standard InChI is InChI=1S/C23H20N4O2/c1-15(28)16-7-9-18(10-8-16)25-23-26-21-6-4-3-5-20(21)22(27-23)24-17-11-13-19(29-2)14-12-17/h3-14H,1-2H3,(H2,24,25,26,27). The van der Waals surface area contributed by atoms with Gasteiger partial charge in [0, 0.05) is 22.3 Å². The lowest BCUT2D eigenvalue weighted by Gasteiger charge is -2.12. The summed E-state index contributed by atoms with van der Waals surface area (Å²) in [6.45, 7) is 1.55. The average molecular weight is 384 g/mol. The number of carbonyl (C=O) groups excluding carboxylic acids is 1. The van der Waals surface area contributed by atoms with E-state index in [-0.39, 0.29) is 5.78 Å². The number of nitrogens with zero attached hydrogens (tertiary/aromatic N) is 2. The molecule has 0 radical (unpaired) electrons. The van der Waals surface area contributed by atoms with E-state index in [0.717, 1.165) is 28.0 Å². The number of benzene rings is 3. The predicted molar refractivity (Wildman–Crippen MR) is 116 cm³/mol. The number of para-hydroxylation sites is 1. The highest BCUT2D eigenvalue weighted by molar-refractivity contribution is 5.94. The number of carbonyl (C=O) groups is 1. The summed E-state index contributed by atoms with van der Waals surface area (Å²) in [4.78, 5) is 20.7. The van der Waals surface area contributed by atoms with E-state index < -0.39 is 0 Å². The first kappa shape index (κ1) is 18.4. The molecule has 3 aromatic carbocycles. The Morgan fingerprint density at radius 3 is 2.17 bits per heavy atom. The number of methoxy groups -OCH3 is 1. The maximum absolute atomic E-state index is 11.5. The van der Waals surface area contributed by atoms with Crippen LogP contribution in [0.25, 0.3) is 10.9 Å². The zero-order chi connectivity index (χ0) is 20.2. The van der Waals surface area contributed by atoms with Crippen LogP contribution in [-0.4, -0.2) is 22.9 Å². The Bertz CT molecular complexity index is 1160. The van der Waals surface area contributed by atoms with E-state index in [1.807, 2.05) is 60.7 Å². The van der Waals surface area contributed by atoms with E-state index in [1.54, 1.807) is 26.2 Å². The van der Waals surface area contributed by atoms with E-state index in [9.17, 15) is 4.79 Å². The van der Waals surface area contributed by atoms with Gasteiger partial charge in [-0.2, -0.15) is 4.98 Å². The maximum atomic E-state index is 11.5. The van der Waals surface area contributed by atoms with Crippen LogP contribution in [0.1, 0.15) is 17.3 Å². The van der Waals surface area contributed by atoms with Gasteiger partial charge in [-0.25, -0.2) is 4.98 Å². The third-order valence-electron chi connectivity index (χ3n) is 4.50. The first-order chi connectivity index (χ1) is 14.1. The number of nitrogens with one attached hydrogen (secondary N) is 2. The molecular formula is C23H20N4O2. The van der Waals surface area contributed by atoms with Gasteiger partial charge in [0.2, 0.25) is 5.95 Å². The van der Waals surface area contributed by atoms with Gasteiger partial charge in [-0.05, 0) is 67.6 Å². The highest BCUT2D eigenvalue weighted by Gasteiger charge is 2.09. The number of ether oxygens (including phenoxy) is 1. The van der Waals surface area contributed by atoms with Crippen molar-refractivity contribution in [3.8, 4) is 5.75 Å². The lowest BCUT2D eigenvalue weighted by molar-refractivity contribution is 0.101. The number of ketones is 1. The first-order valence-electron chi connectivity index (χ1n) is 9.18. The monoisotopic (exact) mass is 384 g/mol. The van der Waals surface area contributed by atoms with Gasteiger partial charge in [-0.1, -0.05) is 12.1 Å². The van der Waals surface area contributed by atoms with Crippen LogP contribution < -0.4 is 15.4 Å². The Hall–Kier alpha value is -3.93. The minimum atomic E-state index is 0.0319. The Kier molecular flexibility index (Phi) is 5.07. The van der Waals surface area contributed by atoms with Crippen LogP contribution in [0.4, 0.5) is 23.1 Å². The summed E-state index contributed by atoms with van der Waals surface area (Å²) in [5, 5.41) is 7.49. The van der Waals surface area contributed by atoms with Gasteiger partial charge in [0.15, 0.2) is 5.78 Å². The normalized spacial score (nSPS) is 10.6. The number of rotatable bonds is 6. The smallest absolute Gasteiger partial charge is 0.229 e. The molecule has 0 aliphatic rings. The molecule has 6 nitrogen and oxygen atoms in total. The molecular weight excluding hydrogens is 364 g/mol. The molecule has 4 rings (SSSR count). The number of aromatic nitrogens is 2. The van der Waals surface area contributed by atoms with E-state index in [0.29, 0.717) is 17.3 Å². The molecule has 0 fully saturated rings. The van der Waals surface area contributed by atoms with Gasteiger partial charge in [0.05, 0.1) is 12.6 Å². The SMILES string of the molecule is COc1ccc(Nc2nc(Nc3ccc(C(C)=O)cc3)nc3ccccc23)cc1. The van der Waals surface area contributed by atoms with Crippen LogP contribution in [0.15, 0.2) is 72.8 Å². The van der Waals surface area contributed by atoms with Crippen molar-refractivity contribution >= 4 is 39.8 Å². The zero-order valence-corrected chi connectivity index (χ0v) is 16.1. The van der Waals surface area contributed by atoms with Crippen molar-refractivity contribution in [2.75, 3.05) is 17.7 Å². The molecule has 0 amide bonds. The van der Waals surface area contributed by atoms with Gasteiger partial charge < -0.3 is 15.4 Å². The second-order valence-electron chi connectivity index (χ2n) is 6.53. The predicted octanol–water partition coefficient (Wildman–Crippen LogP) is 5.33. The molecule has 0 bridgehead atoms. The molecule has 0 saturated heterocycles. The Labute approximate surface area is 168 Å². The molecule has 0 atom stereocenters. The van der Waals surface area contributed by atoms with Gasteiger partial charge in [0.1, 0.15) is 11.6 Å². The minimum Gasteiger partial charge on any atom is -0.497 e. The Morgan fingerprint density at radius 2 is 1.48 bits per heavy atom. The van der Waals surface area contributed by atoms with Crippen LogP contribution in [0.2, 0.25) is 0 Å². The van der Waals surface area contributed by atoms with Crippen LogP contribution in [-0.2, 0) is 0 Å². The molecule has 0 saturated carbocycles. The van der Waals surface area contributed by atoms with E-state index in [4.69, 9.17) is 4.74 Å². The van der Waals surface area contributed by atoms with Gasteiger partial charge in [-0.15, -0.1) is 0 Å². The van der Waals surface area contributed by atoms with Crippen molar-refractivity contribution in [1.82, 2.24) is 9.97 Å². The Balaban J connectivity index is 1.67. The van der Waals surface area contributed by atoms with Gasteiger partial charge in [-0.3, -0.25) is 4.79 Å². The highest BCUT2D eigenvalue weighted by atomic mass is 16.5. The van der Waals surface area contributed by atoms with Crippen LogP contribution in [0, 0.1) is 0 Å². The van der Waals surface area contributed by atoms with E-state index >= 15 is 0 Å². The molecule has 29 heavy (non-hydrogen) atoms. The molecule has 2 N–H and O–H groups in total. The summed E-state index contributed by atoms with van der Waals surface area (Å²) >= 11 is 0. The summed E-state index contributed by atoms with van der Waals surface area (Å²) in [7, 11) is 1.64. The largest absolute Gasteiger partial charge is 0.497 e. The van der Waals surface area contributed by atoms with Crippen molar-refractivity contribution in [1.29, 1.82) is 0 Å². The molecule has 144 valence electrons. The van der Waals surface area contributed by atoms with Crippen molar-refractivity contribution in [3.05, 3.63) is 78.4 Å². The third kappa shape index (κ3) is 4.16. The summed E-state index contributed by atoms with van der Waals surface area (Å²) in [6, 6.07) is 22.7. The Morgan fingerprint density at radius 1 is 0.828 bits per heavy atom. The molecule has 0 unspecified atom stereocenters. The lowest BCUT2D eigenvalue weighted by atomic mass is 10.1. The number of anilines is 4. The minimum absolute atomic E-state index is 0.0319. The molecule has 4 aromatic rings. The second kappa shape index (κ2) is 7.98. The van der Waals surface area contributed by atoms with Crippen LogP contribution >= 0.6 is 0 Å². The van der Waals surface area contributed by atoms with E-state index in [2.05, 4.69) is 20.6 Å². The first-order valence-corrected chi connectivity index (χ1v) is 9.18. The van der Waals surface area contributed by atoms with Gasteiger partial charge >= 0.3 is 0 Å². The average Bonchev–Trinajstić information content (AvgIpc) is 2.75. The fraction of sp³-hybridized carbons (Fsp3) is 0.0870. The summed E-state index contributed by atoms with van der Waals surface area (Å²) in [6.07, 6.45) is 0. The van der Waals surface area contributed by atoms with E-state index in [1.165, 1.54) is 0 Å². The van der Waals surface area contributed by atoms with Crippen molar-refractivity contribution in [3.63, 3.8) is 0 Å². The topological polar surface area (TPSA) is 76.1 Å². The van der Waals surface area contributed by atoms with Gasteiger partial charge in [0.25, 0.3) is 0 Å². The summed E-state index contributed by atoms with van der Waals surface area (Å²) < 4.78 is 5.21. The van der Waals surface area contributed by atoms with Crippen molar-refractivity contribution in [2.45, 2.75) is 6.92 Å². The molecule has 0 aliphatic heterocycles. The maximum Gasteiger partial charge on any atom is 0.229 e. The zero-order valence-electron chi connectivity index (χ0n) is 16.1. The molecule has 0 spiro atoms. The van der Waals surface area contributed by atoms with Crippen LogP contribution in [0.5, 0.6) is 5.75 Å². The number of hydrogen-bond acceptors (Lipinski definition) is 6. The van der Waals surface area contributed by atoms with Crippen molar-refractivity contribution in [2.24, 2.45) is 0 Å². The fourth-order valence-corrected chi connectivity index (χ4v) is 2.96. The summed E-state index contributed by atoms with van der Waals surface area (Å²) in [5.74, 6) is 1.99. The van der Waals surface area contributed by atoms with Crippen LogP contribution in [0.3, 0.4) is 0 Å². The molecule has 1 heterocycles. The second-order valence-corrected chi connectivity index (χ2v) is 6.53. The molecule has 0 aliphatic carbocycles. The fourth-order valence-electron chi connectivity index (χ4n) is 2.96. The number of hydrogen-bond donors (Lipinski definition) is 2. The summed E-state index contributed by atoms with van der Waals surface area (Å²) in [5.41, 5.74) is 3.19. The quantitative estimate of drug-likeness (QED) is 0.438. The van der Waals surface area contributed by atoms with Crippen molar-refractivity contribution < 1.29 is 9.53 Å². The molecule has 1 aromatic heterocycles. The third-order valence-corrected chi connectivity index (χ3v) is 4.50. The molecule has 6 heteroatoms. The number of fused-ring (bicyclic) bond motifs is 1. The number of Topliss-reactive ketones (excluding diaryl/α,β-unsaturated/α-hetero) is 1.